The Morgan fingerprint density at radius 1 is 1.33 bits per heavy atom. The third-order valence-corrected chi connectivity index (χ3v) is 9.43. The third kappa shape index (κ3) is 6.53. The van der Waals surface area contributed by atoms with Gasteiger partial charge in [-0.3, -0.25) is 4.79 Å². The van der Waals surface area contributed by atoms with Crippen molar-refractivity contribution in [1.82, 2.24) is 9.62 Å². The highest BCUT2D eigenvalue weighted by atomic mass is 35.5. The van der Waals surface area contributed by atoms with Gasteiger partial charge in [0.1, 0.15) is 6.29 Å². The van der Waals surface area contributed by atoms with Crippen molar-refractivity contribution >= 4 is 35.7 Å². The highest BCUT2D eigenvalue weighted by Gasteiger charge is 2.51. The lowest BCUT2D eigenvalue weighted by molar-refractivity contribution is -0.137. The quantitative estimate of drug-likeness (QED) is 0.387. The average molecular weight is 496 g/mol. The van der Waals surface area contributed by atoms with Crippen LogP contribution in [0.2, 0.25) is 5.02 Å². The molecule has 2 saturated carbocycles. The summed E-state index contributed by atoms with van der Waals surface area (Å²) in [4.78, 5) is 24.0. The summed E-state index contributed by atoms with van der Waals surface area (Å²) >= 11 is 7.67. The molecule has 0 heterocycles. The molecule has 5 nitrogen and oxygen atoms in total. The zero-order chi connectivity index (χ0) is 25.0. The van der Waals surface area contributed by atoms with Crippen molar-refractivity contribution in [3.8, 4) is 0 Å². The van der Waals surface area contributed by atoms with Crippen molar-refractivity contribution in [2.45, 2.75) is 83.7 Å². The molecule has 186 valence electrons. The van der Waals surface area contributed by atoms with Gasteiger partial charge in [-0.25, -0.2) is 4.31 Å². The molecule has 2 fully saturated rings. The molecule has 33 heavy (non-hydrogen) atoms. The fourth-order valence-electron chi connectivity index (χ4n) is 5.86. The van der Waals surface area contributed by atoms with Crippen LogP contribution in [0.5, 0.6) is 0 Å². The molecular formula is C26H42ClN3O2S. The number of nitrogens with two attached hydrogens (primary N) is 1. The van der Waals surface area contributed by atoms with Crippen molar-refractivity contribution < 1.29 is 9.59 Å². The summed E-state index contributed by atoms with van der Waals surface area (Å²) in [6.45, 7) is 13.2. The van der Waals surface area contributed by atoms with Gasteiger partial charge in [-0.2, -0.15) is 0 Å². The summed E-state index contributed by atoms with van der Waals surface area (Å²) < 4.78 is 2.05. The van der Waals surface area contributed by atoms with Gasteiger partial charge in [0, 0.05) is 27.9 Å². The Hall–Kier alpha value is -1.08. The van der Waals surface area contributed by atoms with Crippen LogP contribution in [0.15, 0.2) is 23.1 Å². The first-order valence-electron chi connectivity index (χ1n) is 12.0. The number of carbonyl (C=O) groups excluding carboxylic acids is 2. The molecule has 1 amide bonds. The van der Waals surface area contributed by atoms with Crippen LogP contribution in [-0.2, 0) is 9.59 Å². The van der Waals surface area contributed by atoms with Gasteiger partial charge in [0.15, 0.2) is 0 Å². The summed E-state index contributed by atoms with van der Waals surface area (Å²) in [5, 5.41) is 4.19. The molecule has 2 bridgehead atoms. The fraction of sp³-hybridized carbons (Fsp3) is 0.692. The van der Waals surface area contributed by atoms with E-state index >= 15 is 0 Å². The highest BCUT2D eigenvalue weighted by molar-refractivity contribution is 7.97. The standard InChI is InChI=1S/C13H18ClNOS.C13H24N2O/c1-5-15(13(3,4)9-16)17-12-8-6-7-11(14)10(12)2;1-8-4-10-7-13(5-8,12(14)16)6-9(2)11(10)15-3/h6-9H,5H2,1-4H3;8-11,15H,4-7H2,1-3H3,(H2,14,16). The molecule has 2 aliphatic rings. The van der Waals surface area contributed by atoms with Crippen LogP contribution in [0.1, 0.15) is 65.9 Å². The second-order valence-electron chi connectivity index (χ2n) is 10.6. The number of amides is 1. The predicted molar refractivity (Wildman–Crippen MR) is 139 cm³/mol. The largest absolute Gasteiger partial charge is 0.369 e. The van der Waals surface area contributed by atoms with Gasteiger partial charge in [0.25, 0.3) is 0 Å². The minimum absolute atomic E-state index is 0.0644. The first kappa shape index (κ1) is 28.2. The van der Waals surface area contributed by atoms with Gasteiger partial charge in [-0.15, -0.1) is 0 Å². The van der Waals surface area contributed by atoms with E-state index in [1.54, 1.807) is 11.9 Å². The molecule has 5 unspecified atom stereocenters. The number of nitrogens with one attached hydrogen (secondary N) is 1. The lowest BCUT2D eigenvalue weighted by Crippen LogP contribution is -2.55. The molecule has 7 heteroatoms. The van der Waals surface area contributed by atoms with Crippen LogP contribution < -0.4 is 11.1 Å². The molecule has 1 aromatic carbocycles. The van der Waals surface area contributed by atoms with Crippen molar-refractivity contribution in [3.05, 3.63) is 28.8 Å². The lowest BCUT2D eigenvalue weighted by atomic mass is 9.55. The minimum Gasteiger partial charge on any atom is -0.369 e. The zero-order valence-corrected chi connectivity index (χ0v) is 22.9. The van der Waals surface area contributed by atoms with Crippen molar-refractivity contribution in [2.75, 3.05) is 13.6 Å². The van der Waals surface area contributed by atoms with Gasteiger partial charge in [-0.1, -0.05) is 38.4 Å². The number of aldehydes is 1. The van der Waals surface area contributed by atoms with Gasteiger partial charge in [0.2, 0.25) is 5.91 Å². The first-order chi connectivity index (χ1) is 15.4. The molecule has 0 aliphatic heterocycles. The van der Waals surface area contributed by atoms with E-state index in [0.29, 0.717) is 23.8 Å². The maximum absolute atomic E-state index is 11.8. The Labute approximate surface area is 209 Å². The average Bonchev–Trinajstić information content (AvgIpc) is 2.74. The number of hydrogen-bond donors (Lipinski definition) is 2. The van der Waals surface area contributed by atoms with Crippen LogP contribution in [0.25, 0.3) is 0 Å². The molecule has 0 aromatic heterocycles. The number of likely N-dealkylation sites (N-methyl/N-ethyl adjacent to an activating group) is 1. The molecule has 3 rings (SSSR count). The second kappa shape index (κ2) is 11.6. The van der Waals surface area contributed by atoms with Crippen LogP contribution in [-0.4, -0.2) is 41.7 Å². The predicted octanol–water partition coefficient (Wildman–Crippen LogP) is 5.48. The number of hydrogen-bond acceptors (Lipinski definition) is 5. The minimum atomic E-state index is -0.478. The van der Waals surface area contributed by atoms with E-state index in [-0.39, 0.29) is 11.3 Å². The fourth-order valence-corrected chi connectivity index (χ4v) is 7.12. The summed E-state index contributed by atoms with van der Waals surface area (Å²) in [7, 11) is 2.04. The normalized spacial score (nSPS) is 29.2. The van der Waals surface area contributed by atoms with E-state index < -0.39 is 5.54 Å². The van der Waals surface area contributed by atoms with E-state index in [4.69, 9.17) is 17.3 Å². The molecule has 5 atom stereocenters. The van der Waals surface area contributed by atoms with Gasteiger partial charge >= 0.3 is 0 Å². The summed E-state index contributed by atoms with van der Waals surface area (Å²) in [5.74, 6) is 1.76. The molecular weight excluding hydrogens is 454 g/mol. The molecule has 0 saturated heterocycles. The molecule has 0 spiro atoms. The van der Waals surface area contributed by atoms with Crippen molar-refractivity contribution in [1.29, 1.82) is 0 Å². The summed E-state index contributed by atoms with van der Waals surface area (Å²) in [6, 6.07) is 6.40. The summed E-state index contributed by atoms with van der Waals surface area (Å²) in [6.07, 6.45) is 5.19. The maximum Gasteiger partial charge on any atom is 0.223 e. The number of benzene rings is 1. The van der Waals surface area contributed by atoms with Gasteiger partial charge in [-0.05, 0) is 101 Å². The molecule has 2 aliphatic carbocycles. The topological polar surface area (TPSA) is 75.4 Å². The van der Waals surface area contributed by atoms with Crippen LogP contribution >= 0.6 is 23.5 Å². The smallest absolute Gasteiger partial charge is 0.223 e. The lowest BCUT2D eigenvalue weighted by Gasteiger charge is -2.52. The Balaban J connectivity index is 0.000000234. The SMILES string of the molecule is CCN(Sc1cccc(Cl)c1C)C(C)(C)C=O.CNC1C(C)CC2(C(N)=O)CC(C)CC1C2. The maximum atomic E-state index is 11.8. The van der Waals surface area contributed by atoms with Crippen LogP contribution in [0.4, 0.5) is 0 Å². The second-order valence-corrected chi connectivity index (χ2v) is 12.0. The van der Waals surface area contributed by atoms with E-state index in [2.05, 4.69) is 23.5 Å². The van der Waals surface area contributed by atoms with Gasteiger partial charge in [0.05, 0.1) is 5.54 Å². The number of primary amides is 1. The number of fused-ring (bicyclic) bond motifs is 2. The van der Waals surface area contributed by atoms with E-state index in [0.717, 1.165) is 47.6 Å². The highest BCUT2D eigenvalue weighted by Crippen LogP contribution is 2.52. The summed E-state index contributed by atoms with van der Waals surface area (Å²) in [5.41, 5.74) is 6.04. The third-order valence-electron chi connectivity index (χ3n) is 7.43. The Kier molecular flexibility index (Phi) is 9.87. The number of carbonyl (C=O) groups is 2. The number of halogens is 1. The van der Waals surface area contributed by atoms with Crippen LogP contribution in [0.3, 0.4) is 0 Å². The van der Waals surface area contributed by atoms with E-state index in [9.17, 15) is 9.59 Å². The Bertz CT molecular complexity index is 830. The van der Waals surface area contributed by atoms with Crippen molar-refractivity contribution in [2.24, 2.45) is 28.9 Å². The number of nitrogens with zero attached hydrogens (tertiary/aromatic N) is 1. The molecule has 3 N–H and O–H groups in total. The molecule has 1 aromatic rings. The monoisotopic (exact) mass is 495 g/mol. The Morgan fingerprint density at radius 3 is 2.55 bits per heavy atom. The van der Waals surface area contributed by atoms with Crippen molar-refractivity contribution in [3.63, 3.8) is 0 Å². The van der Waals surface area contributed by atoms with Crippen LogP contribution in [0, 0.1) is 30.1 Å². The van der Waals surface area contributed by atoms with E-state index in [1.165, 1.54) is 6.42 Å². The first-order valence-corrected chi connectivity index (χ1v) is 13.2. The zero-order valence-electron chi connectivity index (χ0n) is 21.3. The number of rotatable bonds is 7. The molecule has 0 radical (unpaired) electrons. The Morgan fingerprint density at radius 2 is 2.00 bits per heavy atom. The van der Waals surface area contributed by atoms with Gasteiger partial charge < -0.3 is 15.8 Å². The van der Waals surface area contributed by atoms with E-state index in [1.807, 2.05) is 52.9 Å².